The molecular weight excluding hydrogens is 448 g/mol. The van der Waals surface area contributed by atoms with Gasteiger partial charge in [0.25, 0.3) is 0 Å². The fourth-order valence-corrected chi connectivity index (χ4v) is 4.72. The smallest absolute Gasteiger partial charge is 0.338 e. The monoisotopic (exact) mass is 465 g/mol. The number of nitrogens with one attached hydrogen (secondary N) is 1. The van der Waals surface area contributed by atoms with E-state index in [1.165, 1.54) is 24.5 Å². The van der Waals surface area contributed by atoms with Crippen molar-refractivity contribution in [1.82, 2.24) is 10.3 Å². The number of ether oxygens (including phenoxy) is 1. The molecule has 31 heavy (non-hydrogen) atoms. The van der Waals surface area contributed by atoms with E-state index in [1.807, 2.05) is 0 Å². The number of Topliss-reactive ketones (excluding diaryl/α,β-unsaturated/α-hetero) is 1. The Balaban J connectivity index is 1.90. The number of hydrogen-bond donors (Lipinski definition) is 1. The maximum absolute atomic E-state index is 14.3. The lowest BCUT2D eigenvalue weighted by Gasteiger charge is -2.32. The van der Waals surface area contributed by atoms with E-state index in [0.29, 0.717) is 42.2 Å². The van der Waals surface area contributed by atoms with E-state index < -0.39 is 28.7 Å². The quantitative estimate of drug-likeness (QED) is 0.536. The molecule has 0 amide bonds. The summed E-state index contributed by atoms with van der Waals surface area (Å²) in [5, 5.41) is 5.10. The van der Waals surface area contributed by atoms with Gasteiger partial charge in [-0.15, -0.1) is 11.3 Å². The van der Waals surface area contributed by atoms with Crippen LogP contribution in [-0.4, -0.2) is 29.7 Å². The number of esters is 1. The van der Waals surface area contributed by atoms with Crippen molar-refractivity contribution in [1.29, 1.82) is 0 Å². The second kappa shape index (κ2) is 8.84. The summed E-state index contributed by atoms with van der Waals surface area (Å²) in [5.74, 6) is -2.54. The van der Waals surface area contributed by atoms with Crippen LogP contribution in [0.4, 0.5) is 8.78 Å². The fraction of sp³-hybridized carbons (Fsp3) is 0.333. The predicted molar refractivity (Wildman–Crippen MR) is 112 cm³/mol. The van der Waals surface area contributed by atoms with Gasteiger partial charge in [0.05, 0.1) is 17.7 Å². The van der Waals surface area contributed by atoms with Crippen LogP contribution in [0, 0.1) is 17.6 Å². The van der Waals surface area contributed by atoms with Gasteiger partial charge in [0, 0.05) is 41.6 Å². The first-order chi connectivity index (χ1) is 14.9. The Morgan fingerprint density at radius 1 is 1.29 bits per heavy atom. The summed E-state index contributed by atoms with van der Waals surface area (Å²) in [6, 6.07) is 1.23. The first-order valence-corrected chi connectivity index (χ1v) is 10.9. The summed E-state index contributed by atoms with van der Waals surface area (Å²) in [6.07, 6.45) is 3.49. The number of allylic oxidation sites excluding steroid dienone is 1. The average Bonchev–Trinajstić information content (AvgIpc) is 3.32. The number of benzene rings is 1. The van der Waals surface area contributed by atoms with Crippen LogP contribution >= 0.6 is 22.9 Å². The average molecular weight is 466 g/mol. The molecule has 0 bridgehead atoms. The van der Waals surface area contributed by atoms with Crippen LogP contribution in [0.5, 0.6) is 0 Å². The standard InChI is InChI=1S/C21H18ClF2N3O3S/c1-30-21(29)14-17(10-2-4-11(28)5-3-10)26-19(20-25-8-9-31-20)27-18(14)12-6-7-13(23)16(24)15(12)22/h6-10,18H,2-5H2,1H3,(H,26,27). The van der Waals surface area contributed by atoms with Crippen LogP contribution in [0.2, 0.25) is 5.02 Å². The summed E-state index contributed by atoms with van der Waals surface area (Å²) < 4.78 is 33.0. The molecule has 1 atom stereocenters. The molecule has 2 aromatic rings. The molecule has 1 fully saturated rings. The number of carbonyl (C=O) groups is 2. The lowest BCUT2D eigenvalue weighted by Crippen LogP contribution is -2.38. The molecule has 4 rings (SSSR count). The van der Waals surface area contributed by atoms with Crippen molar-refractivity contribution in [2.75, 3.05) is 7.11 Å². The number of carbonyl (C=O) groups excluding carboxylic acids is 2. The zero-order valence-electron chi connectivity index (χ0n) is 16.5. The van der Waals surface area contributed by atoms with E-state index in [9.17, 15) is 18.4 Å². The van der Waals surface area contributed by atoms with Crippen LogP contribution in [0.1, 0.15) is 42.3 Å². The highest BCUT2D eigenvalue weighted by atomic mass is 35.5. The van der Waals surface area contributed by atoms with Gasteiger partial charge in [0.15, 0.2) is 22.5 Å². The first kappa shape index (κ1) is 21.6. The summed E-state index contributed by atoms with van der Waals surface area (Å²) in [4.78, 5) is 33.5. The fourth-order valence-electron chi connectivity index (χ4n) is 3.88. The normalized spacial score (nSPS) is 19.8. The van der Waals surface area contributed by atoms with Gasteiger partial charge in [-0.2, -0.15) is 0 Å². The Kier molecular flexibility index (Phi) is 6.15. The number of thiazole rings is 1. The molecule has 1 aromatic carbocycles. The minimum atomic E-state index is -1.21. The van der Waals surface area contributed by atoms with Crippen molar-refractivity contribution >= 4 is 40.5 Å². The molecule has 162 valence electrons. The minimum absolute atomic E-state index is 0.135. The Bertz CT molecular complexity index is 1090. The maximum atomic E-state index is 14.3. The Hall–Kier alpha value is -2.65. The highest BCUT2D eigenvalue weighted by Gasteiger charge is 2.38. The molecular formula is C21H18ClF2N3O3S. The molecule has 1 unspecified atom stereocenters. The molecule has 10 heteroatoms. The molecule has 0 radical (unpaired) electrons. The molecule has 1 aromatic heterocycles. The van der Waals surface area contributed by atoms with Crippen molar-refractivity contribution in [3.8, 4) is 0 Å². The molecule has 1 aliphatic carbocycles. The van der Waals surface area contributed by atoms with E-state index in [1.54, 1.807) is 11.6 Å². The summed E-state index contributed by atoms with van der Waals surface area (Å²) >= 11 is 7.47. The number of hydrogen-bond acceptors (Lipinski definition) is 7. The molecule has 2 heterocycles. The third kappa shape index (κ3) is 4.12. The van der Waals surface area contributed by atoms with E-state index in [4.69, 9.17) is 16.3 Å². The van der Waals surface area contributed by atoms with Gasteiger partial charge in [-0.3, -0.25) is 9.79 Å². The molecule has 1 saturated carbocycles. The van der Waals surface area contributed by atoms with Gasteiger partial charge >= 0.3 is 5.97 Å². The van der Waals surface area contributed by atoms with Gasteiger partial charge in [-0.25, -0.2) is 18.6 Å². The molecule has 2 aliphatic rings. The van der Waals surface area contributed by atoms with Gasteiger partial charge in [-0.1, -0.05) is 17.7 Å². The first-order valence-electron chi connectivity index (χ1n) is 9.62. The zero-order valence-corrected chi connectivity index (χ0v) is 18.0. The molecule has 0 spiro atoms. The van der Waals surface area contributed by atoms with Gasteiger partial charge in [-0.05, 0) is 18.9 Å². The number of ketones is 1. The predicted octanol–water partition coefficient (Wildman–Crippen LogP) is 4.35. The van der Waals surface area contributed by atoms with Gasteiger partial charge < -0.3 is 10.1 Å². The number of halogens is 3. The Morgan fingerprint density at radius 3 is 2.68 bits per heavy atom. The lowest BCUT2D eigenvalue weighted by molar-refractivity contribution is -0.136. The van der Waals surface area contributed by atoms with Crippen molar-refractivity contribution in [3.63, 3.8) is 0 Å². The molecule has 6 nitrogen and oxygen atoms in total. The van der Waals surface area contributed by atoms with Crippen LogP contribution in [0.25, 0.3) is 0 Å². The topological polar surface area (TPSA) is 80.7 Å². The van der Waals surface area contributed by atoms with E-state index in [0.717, 1.165) is 6.07 Å². The highest BCUT2D eigenvalue weighted by Crippen LogP contribution is 2.41. The molecule has 1 aliphatic heterocycles. The van der Waals surface area contributed by atoms with Crippen LogP contribution in [0.3, 0.4) is 0 Å². The third-order valence-electron chi connectivity index (χ3n) is 5.43. The lowest BCUT2D eigenvalue weighted by atomic mass is 9.82. The Morgan fingerprint density at radius 2 is 2.03 bits per heavy atom. The third-order valence-corrected chi connectivity index (χ3v) is 6.59. The van der Waals surface area contributed by atoms with E-state index >= 15 is 0 Å². The van der Waals surface area contributed by atoms with E-state index in [2.05, 4.69) is 15.3 Å². The second-order valence-corrected chi connectivity index (χ2v) is 8.51. The number of rotatable bonds is 4. The van der Waals surface area contributed by atoms with Crippen molar-refractivity contribution in [2.24, 2.45) is 10.9 Å². The van der Waals surface area contributed by atoms with Crippen molar-refractivity contribution in [2.45, 2.75) is 31.7 Å². The number of nitrogens with zero attached hydrogens (tertiary/aromatic N) is 2. The minimum Gasteiger partial charge on any atom is -0.466 e. The zero-order chi connectivity index (χ0) is 22.1. The number of aromatic nitrogens is 1. The van der Waals surface area contributed by atoms with Crippen LogP contribution in [0.15, 0.2) is 40.0 Å². The second-order valence-electron chi connectivity index (χ2n) is 7.24. The van der Waals surface area contributed by atoms with Gasteiger partial charge in [0.2, 0.25) is 0 Å². The number of amidine groups is 1. The highest BCUT2D eigenvalue weighted by molar-refractivity contribution is 7.11. The maximum Gasteiger partial charge on any atom is 0.338 e. The summed E-state index contributed by atoms with van der Waals surface area (Å²) in [6.45, 7) is 0. The van der Waals surface area contributed by atoms with E-state index in [-0.39, 0.29) is 22.8 Å². The summed E-state index contributed by atoms with van der Waals surface area (Å²) in [7, 11) is 1.24. The Labute approximate surface area is 186 Å². The summed E-state index contributed by atoms with van der Waals surface area (Å²) in [5.41, 5.74) is 0.848. The largest absolute Gasteiger partial charge is 0.466 e. The van der Waals surface area contributed by atoms with Crippen molar-refractivity contribution < 1.29 is 23.1 Å². The SMILES string of the molecule is COC(=O)C1=C(C2CCC(=O)CC2)NC(c2nccs2)=NC1c1ccc(F)c(F)c1Cl. The number of aliphatic imine (C=N–C) groups is 1. The molecule has 0 saturated heterocycles. The van der Waals surface area contributed by atoms with Crippen molar-refractivity contribution in [3.05, 3.63) is 62.2 Å². The van der Waals surface area contributed by atoms with Crippen LogP contribution < -0.4 is 5.32 Å². The number of methoxy groups -OCH3 is 1. The van der Waals surface area contributed by atoms with Gasteiger partial charge in [0.1, 0.15) is 11.8 Å². The molecule has 1 N–H and O–H groups in total. The van der Waals surface area contributed by atoms with Crippen LogP contribution in [-0.2, 0) is 14.3 Å².